The van der Waals surface area contributed by atoms with Crippen LogP contribution in [0.15, 0.2) is 0 Å². The van der Waals surface area contributed by atoms with Crippen molar-refractivity contribution in [3.8, 4) is 0 Å². The smallest absolute Gasteiger partial charge is 0.222 e. The Morgan fingerprint density at radius 2 is 1.89 bits per heavy atom. The average Bonchev–Trinajstić information content (AvgIpc) is 2.88. The van der Waals surface area contributed by atoms with Crippen molar-refractivity contribution < 1.29 is 4.79 Å². The number of nitrogens with zero attached hydrogens (tertiary/aromatic N) is 2. The van der Waals surface area contributed by atoms with Crippen LogP contribution in [-0.4, -0.2) is 28.9 Å². The first-order valence-corrected chi connectivity index (χ1v) is 8.40. The predicted molar refractivity (Wildman–Crippen MR) is 77.5 cm³/mol. The number of hydrogen-bond acceptors (Lipinski definition) is 3. The van der Waals surface area contributed by atoms with E-state index in [-0.39, 0.29) is 0 Å². The standard InChI is InChI=1S/C15H22N2OS/c18-15(17-10-4-1-5-11-17)9-8-14-16-12-6-2-3-7-13(12)19-14/h1-11H2. The van der Waals surface area contributed by atoms with Gasteiger partial charge in [0, 0.05) is 30.8 Å². The molecule has 1 amide bonds. The monoisotopic (exact) mass is 278 g/mol. The molecule has 1 saturated heterocycles. The lowest BCUT2D eigenvalue weighted by molar-refractivity contribution is -0.132. The zero-order chi connectivity index (χ0) is 13.1. The Morgan fingerprint density at radius 3 is 2.68 bits per heavy atom. The maximum absolute atomic E-state index is 12.1. The highest BCUT2D eigenvalue weighted by molar-refractivity contribution is 7.11. The number of piperidine rings is 1. The van der Waals surface area contributed by atoms with Gasteiger partial charge in [0.05, 0.1) is 10.7 Å². The molecule has 0 atom stereocenters. The van der Waals surface area contributed by atoms with Crippen LogP contribution in [0, 0.1) is 0 Å². The molecule has 4 heteroatoms. The number of thiazole rings is 1. The van der Waals surface area contributed by atoms with Crippen molar-refractivity contribution in [3.05, 3.63) is 15.6 Å². The SMILES string of the molecule is O=C(CCc1nc2c(s1)CCCC2)N1CCCCC1. The number of rotatable bonds is 3. The molecule has 0 aromatic carbocycles. The molecule has 0 saturated carbocycles. The Morgan fingerprint density at radius 1 is 1.11 bits per heavy atom. The van der Waals surface area contributed by atoms with Crippen LogP contribution >= 0.6 is 11.3 Å². The largest absolute Gasteiger partial charge is 0.343 e. The Kier molecular flexibility index (Phi) is 4.16. The lowest BCUT2D eigenvalue weighted by Crippen LogP contribution is -2.35. The van der Waals surface area contributed by atoms with Crippen LogP contribution in [0.4, 0.5) is 0 Å². The van der Waals surface area contributed by atoms with Crippen molar-refractivity contribution in [1.82, 2.24) is 9.88 Å². The van der Waals surface area contributed by atoms with Crippen molar-refractivity contribution in [3.63, 3.8) is 0 Å². The molecule has 2 aliphatic rings. The van der Waals surface area contributed by atoms with Crippen LogP contribution < -0.4 is 0 Å². The molecular formula is C15H22N2OS. The minimum atomic E-state index is 0.327. The number of aryl methyl sites for hydroxylation is 3. The van der Waals surface area contributed by atoms with Crippen LogP contribution in [0.5, 0.6) is 0 Å². The normalized spacial score (nSPS) is 19.3. The lowest BCUT2D eigenvalue weighted by Gasteiger charge is -2.26. The van der Waals surface area contributed by atoms with E-state index in [1.165, 1.54) is 54.1 Å². The average molecular weight is 278 g/mol. The topological polar surface area (TPSA) is 33.2 Å². The van der Waals surface area contributed by atoms with Crippen LogP contribution in [0.1, 0.15) is 54.1 Å². The summed E-state index contributed by atoms with van der Waals surface area (Å²) in [6, 6.07) is 0. The second kappa shape index (κ2) is 6.04. The molecule has 1 aliphatic heterocycles. The maximum Gasteiger partial charge on any atom is 0.222 e. The van der Waals surface area contributed by atoms with E-state index in [4.69, 9.17) is 4.98 Å². The highest BCUT2D eigenvalue weighted by Gasteiger charge is 2.18. The highest BCUT2D eigenvalue weighted by atomic mass is 32.1. The van der Waals surface area contributed by atoms with Crippen molar-refractivity contribution in [2.24, 2.45) is 0 Å². The minimum absolute atomic E-state index is 0.327. The van der Waals surface area contributed by atoms with E-state index in [2.05, 4.69) is 0 Å². The molecule has 1 aliphatic carbocycles. The van der Waals surface area contributed by atoms with Gasteiger partial charge in [-0.05, 0) is 44.9 Å². The maximum atomic E-state index is 12.1. The Hall–Kier alpha value is -0.900. The summed E-state index contributed by atoms with van der Waals surface area (Å²) in [6.45, 7) is 1.93. The molecule has 1 aromatic heterocycles. The van der Waals surface area contributed by atoms with Gasteiger partial charge in [-0.1, -0.05) is 0 Å². The van der Waals surface area contributed by atoms with E-state index >= 15 is 0 Å². The quantitative estimate of drug-likeness (QED) is 0.851. The lowest BCUT2D eigenvalue weighted by atomic mass is 10.0. The summed E-state index contributed by atoms with van der Waals surface area (Å²) in [4.78, 5) is 20.4. The van der Waals surface area contributed by atoms with Gasteiger partial charge >= 0.3 is 0 Å². The minimum Gasteiger partial charge on any atom is -0.343 e. The summed E-state index contributed by atoms with van der Waals surface area (Å²) in [6.07, 6.45) is 10.1. The van der Waals surface area contributed by atoms with Gasteiger partial charge in [-0.25, -0.2) is 4.98 Å². The molecule has 3 nitrogen and oxygen atoms in total. The summed E-state index contributed by atoms with van der Waals surface area (Å²) in [5, 5.41) is 1.18. The number of carbonyl (C=O) groups excluding carboxylic acids is 1. The van der Waals surface area contributed by atoms with Crippen LogP contribution in [0.3, 0.4) is 0 Å². The Balaban J connectivity index is 1.53. The van der Waals surface area contributed by atoms with E-state index in [9.17, 15) is 4.79 Å². The molecule has 1 aromatic rings. The highest BCUT2D eigenvalue weighted by Crippen LogP contribution is 2.27. The molecule has 19 heavy (non-hydrogen) atoms. The number of fused-ring (bicyclic) bond motifs is 1. The second-order valence-electron chi connectivity index (χ2n) is 5.63. The fourth-order valence-corrected chi connectivity index (χ4v) is 4.18. The van der Waals surface area contributed by atoms with Crippen molar-refractivity contribution in [2.45, 2.75) is 57.8 Å². The van der Waals surface area contributed by atoms with Gasteiger partial charge in [0.2, 0.25) is 5.91 Å². The molecule has 1 fully saturated rings. The zero-order valence-electron chi connectivity index (χ0n) is 11.5. The van der Waals surface area contributed by atoms with Gasteiger partial charge < -0.3 is 4.90 Å². The van der Waals surface area contributed by atoms with Gasteiger partial charge in [-0.15, -0.1) is 11.3 Å². The number of aromatic nitrogens is 1. The molecule has 0 unspecified atom stereocenters. The second-order valence-corrected chi connectivity index (χ2v) is 6.79. The van der Waals surface area contributed by atoms with E-state index < -0.39 is 0 Å². The van der Waals surface area contributed by atoms with E-state index in [0.717, 1.165) is 25.9 Å². The van der Waals surface area contributed by atoms with Crippen LogP contribution in [0.25, 0.3) is 0 Å². The molecule has 0 radical (unpaired) electrons. The Bertz CT molecular complexity index is 425. The van der Waals surface area contributed by atoms with E-state index in [1.54, 1.807) is 0 Å². The third-order valence-electron chi connectivity index (χ3n) is 4.15. The fourth-order valence-electron chi connectivity index (χ4n) is 3.03. The van der Waals surface area contributed by atoms with Gasteiger partial charge in [-0.2, -0.15) is 0 Å². The van der Waals surface area contributed by atoms with Gasteiger partial charge in [0.15, 0.2) is 0 Å². The molecule has 0 spiro atoms. The van der Waals surface area contributed by atoms with Gasteiger partial charge in [-0.3, -0.25) is 4.79 Å². The third kappa shape index (κ3) is 3.16. The summed E-state index contributed by atoms with van der Waals surface area (Å²) < 4.78 is 0. The molecule has 2 heterocycles. The van der Waals surface area contributed by atoms with E-state index in [0.29, 0.717) is 12.3 Å². The summed E-state index contributed by atoms with van der Waals surface area (Å²) in [5.74, 6) is 0.327. The third-order valence-corrected chi connectivity index (χ3v) is 5.37. The first-order valence-electron chi connectivity index (χ1n) is 7.58. The van der Waals surface area contributed by atoms with Gasteiger partial charge in [0.1, 0.15) is 0 Å². The molecule has 104 valence electrons. The summed E-state index contributed by atoms with van der Waals surface area (Å²) in [7, 11) is 0. The molecular weight excluding hydrogens is 256 g/mol. The number of likely N-dealkylation sites (tertiary alicyclic amines) is 1. The first kappa shape index (κ1) is 13.1. The summed E-state index contributed by atoms with van der Waals surface area (Å²) >= 11 is 1.84. The summed E-state index contributed by atoms with van der Waals surface area (Å²) in [5.41, 5.74) is 1.32. The van der Waals surface area contributed by atoms with Gasteiger partial charge in [0.25, 0.3) is 0 Å². The van der Waals surface area contributed by atoms with Crippen LogP contribution in [-0.2, 0) is 24.1 Å². The van der Waals surface area contributed by atoms with Crippen molar-refractivity contribution in [2.75, 3.05) is 13.1 Å². The van der Waals surface area contributed by atoms with Crippen LogP contribution in [0.2, 0.25) is 0 Å². The number of amides is 1. The molecule has 0 bridgehead atoms. The molecule has 3 rings (SSSR count). The van der Waals surface area contributed by atoms with E-state index in [1.807, 2.05) is 16.2 Å². The Labute approximate surface area is 119 Å². The van der Waals surface area contributed by atoms with Crippen molar-refractivity contribution in [1.29, 1.82) is 0 Å². The first-order chi connectivity index (χ1) is 9.33. The zero-order valence-corrected chi connectivity index (χ0v) is 12.3. The van der Waals surface area contributed by atoms with Crippen molar-refractivity contribution >= 4 is 17.2 Å². The fraction of sp³-hybridized carbons (Fsp3) is 0.733. The number of carbonyl (C=O) groups is 1. The molecule has 0 N–H and O–H groups in total. The number of hydrogen-bond donors (Lipinski definition) is 0. The predicted octanol–water partition coefficient (Wildman–Crippen LogP) is 2.97.